The molecule has 0 radical (unpaired) electrons. The average molecular weight is 297 g/mol. The third-order valence-corrected chi connectivity index (χ3v) is 4.73. The van der Waals surface area contributed by atoms with E-state index in [1.54, 1.807) is 31.2 Å². The molecule has 20 heavy (non-hydrogen) atoms. The van der Waals surface area contributed by atoms with Crippen molar-refractivity contribution in [2.24, 2.45) is 0 Å². The van der Waals surface area contributed by atoms with Crippen molar-refractivity contribution in [2.75, 3.05) is 6.54 Å². The van der Waals surface area contributed by atoms with Gasteiger partial charge < -0.3 is 10.4 Å². The molecule has 1 aromatic rings. The van der Waals surface area contributed by atoms with Crippen molar-refractivity contribution >= 4 is 22.7 Å². The van der Waals surface area contributed by atoms with Gasteiger partial charge in [0.1, 0.15) is 10.5 Å². The number of rotatable bonds is 7. The molecule has 0 fully saturated rings. The Morgan fingerprint density at radius 1 is 1.30 bits per heavy atom. The Bertz CT molecular complexity index is 489. The molecular weight excluding hydrogens is 278 g/mol. The Morgan fingerprint density at radius 3 is 2.40 bits per heavy atom. The van der Waals surface area contributed by atoms with Crippen LogP contribution in [0.25, 0.3) is 0 Å². The topological polar surface area (TPSA) is 83.5 Å². The fraction of sp³-hybridized carbons (Fsp3) is 0.429. The van der Waals surface area contributed by atoms with Crippen LogP contribution in [0, 0.1) is 0 Å². The molecule has 2 N–H and O–H groups in total. The van der Waals surface area contributed by atoms with E-state index in [9.17, 15) is 18.9 Å². The molecule has 3 atom stereocenters. The molecule has 110 valence electrons. The second-order valence-corrected chi connectivity index (χ2v) is 6.32. The highest BCUT2D eigenvalue weighted by atomic mass is 32.2. The molecule has 0 saturated heterocycles. The lowest BCUT2D eigenvalue weighted by Crippen LogP contribution is -2.41. The van der Waals surface area contributed by atoms with Gasteiger partial charge in [-0.05, 0) is 25.8 Å². The SMILES string of the molecule is CCNC(=O)C(C)S(=O)C(Cc1ccccc1)C(=O)O. The van der Waals surface area contributed by atoms with E-state index >= 15 is 0 Å². The normalized spacial score (nSPS) is 15.1. The van der Waals surface area contributed by atoms with Gasteiger partial charge >= 0.3 is 5.97 Å². The molecule has 0 bridgehead atoms. The fourth-order valence-electron chi connectivity index (χ4n) is 1.77. The van der Waals surface area contributed by atoms with Gasteiger partial charge in [0.05, 0.1) is 0 Å². The Labute approximate surface area is 120 Å². The Morgan fingerprint density at radius 2 is 1.90 bits per heavy atom. The molecule has 0 aromatic heterocycles. The first kappa shape index (κ1) is 16.4. The smallest absolute Gasteiger partial charge is 0.319 e. The number of nitrogens with one attached hydrogen (secondary N) is 1. The van der Waals surface area contributed by atoms with Gasteiger partial charge in [-0.25, -0.2) is 0 Å². The molecule has 0 saturated carbocycles. The molecule has 0 aliphatic carbocycles. The van der Waals surface area contributed by atoms with E-state index in [0.717, 1.165) is 5.56 Å². The first-order chi connectivity index (χ1) is 9.47. The maximum atomic E-state index is 12.3. The van der Waals surface area contributed by atoms with Crippen LogP contribution in [0.4, 0.5) is 0 Å². The van der Waals surface area contributed by atoms with Crippen LogP contribution < -0.4 is 5.32 Å². The zero-order valence-electron chi connectivity index (χ0n) is 11.5. The largest absolute Gasteiger partial charge is 0.480 e. The number of carboxylic acid groups (broad SMARTS) is 1. The third kappa shape index (κ3) is 4.45. The average Bonchev–Trinajstić information content (AvgIpc) is 2.44. The first-order valence-electron chi connectivity index (χ1n) is 6.41. The van der Waals surface area contributed by atoms with Crippen molar-refractivity contribution in [1.82, 2.24) is 5.32 Å². The number of carboxylic acids is 1. The van der Waals surface area contributed by atoms with Crippen molar-refractivity contribution in [3.63, 3.8) is 0 Å². The molecule has 0 aliphatic heterocycles. The van der Waals surface area contributed by atoms with E-state index < -0.39 is 27.3 Å². The molecule has 6 heteroatoms. The van der Waals surface area contributed by atoms with Gasteiger partial charge in [-0.3, -0.25) is 13.8 Å². The van der Waals surface area contributed by atoms with Crippen molar-refractivity contribution in [1.29, 1.82) is 0 Å². The Kier molecular flexibility index (Phi) is 6.38. The Balaban J connectivity index is 2.83. The molecule has 0 spiro atoms. The van der Waals surface area contributed by atoms with Crippen LogP contribution in [0.15, 0.2) is 30.3 Å². The maximum absolute atomic E-state index is 12.3. The summed E-state index contributed by atoms with van der Waals surface area (Å²) in [5.74, 6) is -1.53. The highest BCUT2D eigenvalue weighted by Gasteiger charge is 2.32. The van der Waals surface area contributed by atoms with Gasteiger partial charge in [0.25, 0.3) is 0 Å². The summed E-state index contributed by atoms with van der Waals surface area (Å²) in [4.78, 5) is 23.0. The number of hydrogen-bond acceptors (Lipinski definition) is 3. The third-order valence-electron chi connectivity index (χ3n) is 2.89. The van der Waals surface area contributed by atoms with E-state index in [4.69, 9.17) is 0 Å². The van der Waals surface area contributed by atoms with E-state index in [-0.39, 0.29) is 12.3 Å². The summed E-state index contributed by atoms with van der Waals surface area (Å²) in [6, 6.07) is 8.98. The van der Waals surface area contributed by atoms with Crippen molar-refractivity contribution < 1.29 is 18.9 Å². The van der Waals surface area contributed by atoms with E-state index in [0.29, 0.717) is 6.54 Å². The molecule has 0 heterocycles. The summed E-state index contributed by atoms with van der Waals surface area (Å²) in [6.07, 6.45) is 0.145. The molecular formula is C14H19NO4S. The van der Waals surface area contributed by atoms with Crippen LogP contribution in [0.5, 0.6) is 0 Å². The summed E-state index contributed by atoms with van der Waals surface area (Å²) in [5, 5.41) is 9.86. The van der Waals surface area contributed by atoms with Crippen LogP contribution in [0.3, 0.4) is 0 Å². The number of hydrogen-bond donors (Lipinski definition) is 2. The highest BCUT2D eigenvalue weighted by Crippen LogP contribution is 2.12. The lowest BCUT2D eigenvalue weighted by atomic mass is 10.1. The molecule has 1 amide bonds. The monoisotopic (exact) mass is 297 g/mol. The van der Waals surface area contributed by atoms with Gasteiger partial charge in [0.15, 0.2) is 0 Å². The van der Waals surface area contributed by atoms with E-state index in [2.05, 4.69) is 5.32 Å². The van der Waals surface area contributed by atoms with E-state index in [1.807, 2.05) is 6.07 Å². The second kappa shape index (κ2) is 7.79. The van der Waals surface area contributed by atoms with Crippen LogP contribution in [0.2, 0.25) is 0 Å². The van der Waals surface area contributed by atoms with Gasteiger partial charge in [-0.15, -0.1) is 0 Å². The second-order valence-electron chi connectivity index (χ2n) is 4.38. The minimum atomic E-state index is -1.78. The Hall–Kier alpha value is -1.69. The van der Waals surface area contributed by atoms with Crippen molar-refractivity contribution in [2.45, 2.75) is 30.8 Å². The highest BCUT2D eigenvalue weighted by molar-refractivity contribution is 7.87. The van der Waals surface area contributed by atoms with Crippen LogP contribution in [0.1, 0.15) is 19.4 Å². The van der Waals surface area contributed by atoms with Crippen LogP contribution in [-0.2, 0) is 26.8 Å². The molecule has 3 unspecified atom stereocenters. The first-order valence-corrected chi connectivity index (χ1v) is 7.68. The number of amides is 1. The minimum absolute atomic E-state index is 0.145. The summed E-state index contributed by atoms with van der Waals surface area (Å²) in [5.41, 5.74) is 0.788. The predicted octanol–water partition coefficient (Wildman–Crippen LogP) is 0.956. The van der Waals surface area contributed by atoms with Crippen molar-refractivity contribution in [3.8, 4) is 0 Å². The number of benzene rings is 1. The summed E-state index contributed by atoms with van der Waals surface area (Å²) < 4.78 is 12.3. The molecule has 1 aromatic carbocycles. The van der Waals surface area contributed by atoms with E-state index in [1.165, 1.54) is 6.92 Å². The lowest BCUT2D eigenvalue weighted by Gasteiger charge is -2.17. The van der Waals surface area contributed by atoms with Gasteiger partial charge in [0, 0.05) is 17.3 Å². The number of carbonyl (C=O) groups is 2. The minimum Gasteiger partial charge on any atom is -0.480 e. The summed E-state index contributed by atoms with van der Waals surface area (Å²) >= 11 is 0. The summed E-state index contributed by atoms with van der Waals surface area (Å²) in [6.45, 7) is 3.67. The lowest BCUT2D eigenvalue weighted by molar-refractivity contribution is -0.136. The zero-order chi connectivity index (χ0) is 15.1. The standard InChI is InChI=1S/C14H19NO4S/c1-3-15-13(16)10(2)20(19)12(14(17)18)9-11-7-5-4-6-8-11/h4-8,10,12H,3,9H2,1-2H3,(H,15,16)(H,17,18). The number of aliphatic carboxylic acids is 1. The van der Waals surface area contributed by atoms with Crippen molar-refractivity contribution in [3.05, 3.63) is 35.9 Å². The van der Waals surface area contributed by atoms with Gasteiger partial charge in [-0.1, -0.05) is 30.3 Å². The van der Waals surface area contributed by atoms with Crippen LogP contribution in [-0.4, -0.2) is 38.2 Å². The molecule has 1 rings (SSSR count). The summed E-state index contributed by atoms with van der Waals surface area (Å²) in [7, 11) is -1.78. The molecule has 5 nitrogen and oxygen atoms in total. The van der Waals surface area contributed by atoms with Gasteiger partial charge in [-0.2, -0.15) is 0 Å². The predicted molar refractivity (Wildman–Crippen MR) is 77.9 cm³/mol. The molecule has 0 aliphatic rings. The maximum Gasteiger partial charge on any atom is 0.319 e. The number of carbonyl (C=O) groups excluding carboxylic acids is 1. The fourth-order valence-corrected chi connectivity index (χ4v) is 3.11. The quantitative estimate of drug-likeness (QED) is 0.785. The zero-order valence-corrected chi connectivity index (χ0v) is 12.4. The van der Waals surface area contributed by atoms with Gasteiger partial charge in [0.2, 0.25) is 5.91 Å². The van der Waals surface area contributed by atoms with Crippen LogP contribution >= 0.6 is 0 Å².